The van der Waals surface area contributed by atoms with Gasteiger partial charge in [0.25, 0.3) is 5.91 Å². The molecule has 1 aromatic heterocycles. The molecule has 2 aliphatic heterocycles. The van der Waals surface area contributed by atoms with E-state index >= 15 is 0 Å². The fourth-order valence-electron chi connectivity index (χ4n) is 3.95. The summed E-state index contributed by atoms with van der Waals surface area (Å²) in [4.78, 5) is 19.4. The van der Waals surface area contributed by atoms with Gasteiger partial charge in [0.05, 0.1) is 17.5 Å². The Kier molecular flexibility index (Phi) is 5.73. The van der Waals surface area contributed by atoms with E-state index in [1.165, 1.54) is 17.8 Å². The molecule has 4 rings (SSSR count). The molecule has 1 N–H and O–H groups in total. The highest BCUT2D eigenvalue weighted by Gasteiger charge is 2.42. The predicted molar refractivity (Wildman–Crippen MR) is 112 cm³/mol. The topological polar surface area (TPSA) is 79.4 Å². The highest BCUT2D eigenvalue weighted by Crippen LogP contribution is 2.27. The van der Waals surface area contributed by atoms with E-state index in [0.29, 0.717) is 15.7 Å². The molecule has 9 heteroatoms. The van der Waals surface area contributed by atoms with E-state index in [2.05, 4.69) is 15.2 Å². The fourth-order valence-corrected chi connectivity index (χ4v) is 6.89. The van der Waals surface area contributed by atoms with E-state index < -0.39 is 15.9 Å². The maximum absolute atomic E-state index is 12.7. The lowest BCUT2D eigenvalue weighted by Gasteiger charge is -2.34. The molecule has 1 aromatic carbocycles. The Balaban J connectivity index is 1.49. The van der Waals surface area contributed by atoms with Crippen LogP contribution in [0.25, 0.3) is 10.6 Å². The lowest BCUT2D eigenvalue weighted by molar-refractivity contribution is 0.0896. The fraction of sp³-hybridized carbons (Fsp3) is 0.474. The van der Waals surface area contributed by atoms with Crippen LogP contribution in [0.1, 0.15) is 29.8 Å². The van der Waals surface area contributed by atoms with Gasteiger partial charge in [0.15, 0.2) is 9.84 Å². The molecule has 0 radical (unpaired) electrons. The Hall–Kier alpha value is -1.48. The number of rotatable bonds is 4. The van der Waals surface area contributed by atoms with Gasteiger partial charge < -0.3 is 5.32 Å². The number of amides is 1. The van der Waals surface area contributed by atoms with E-state index in [4.69, 9.17) is 11.6 Å². The van der Waals surface area contributed by atoms with Gasteiger partial charge in [-0.2, -0.15) is 0 Å². The van der Waals surface area contributed by atoms with E-state index in [9.17, 15) is 13.2 Å². The zero-order valence-electron chi connectivity index (χ0n) is 15.3. The second-order valence-electron chi connectivity index (χ2n) is 7.37. The first-order valence-corrected chi connectivity index (χ1v) is 12.5. The summed E-state index contributed by atoms with van der Waals surface area (Å²) in [5.74, 6) is -0.220. The molecule has 0 saturated carbocycles. The normalized spacial score (nSPS) is 24.9. The van der Waals surface area contributed by atoms with Gasteiger partial charge in [-0.3, -0.25) is 9.69 Å². The van der Waals surface area contributed by atoms with Gasteiger partial charge in [0.1, 0.15) is 10.7 Å². The maximum atomic E-state index is 12.7. The summed E-state index contributed by atoms with van der Waals surface area (Å²) in [6.45, 7) is 1.78. The monoisotopic (exact) mass is 439 g/mol. The number of benzene rings is 1. The number of nitrogens with zero attached hydrogens (tertiary/aromatic N) is 2. The molecule has 1 amide bonds. The molecule has 3 heterocycles. The van der Waals surface area contributed by atoms with Gasteiger partial charge in [-0.1, -0.05) is 30.2 Å². The lowest BCUT2D eigenvalue weighted by atomic mass is 10.0. The minimum absolute atomic E-state index is 0.00874. The first kappa shape index (κ1) is 19.8. The van der Waals surface area contributed by atoms with Crippen molar-refractivity contribution in [1.29, 1.82) is 0 Å². The Bertz CT molecular complexity index is 970. The van der Waals surface area contributed by atoms with Crippen molar-refractivity contribution in [2.24, 2.45) is 0 Å². The lowest BCUT2D eigenvalue weighted by Crippen LogP contribution is -2.52. The number of likely N-dealkylation sites (tertiary alicyclic amines) is 1. The molecule has 2 saturated heterocycles. The van der Waals surface area contributed by atoms with Gasteiger partial charge in [0, 0.05) is 22.0 Å². The highest BCUT2D eigenvalue weighted by atomic mass is 35.5. The molecular formula is C19H22ClN3O3S2. The molecule has 0 spiro atoms. The summed E-state index contributed by atoms with van der Waals surface area (Å²) in [5.41, 5.74) is 1.16. The van der Waals surface area contributed by atoms with Crippen LogP contribution < -0.4 is 5.32 Å². The Labute approximate surface area is 173 Å². The number of nitrogens with one attached hydrogen (secondary N) is 1. The molecule has 2 atom stereocenters. The van der Waals surface area contributed by atoms with Crippen LogP contribution in [-0.4, -0.2) is 60.9 Å². The maximum Gasteiger partial charge on any atom is 0.271 e. The van der Waals surface area contributed by atoms with Crippen molar-refractivity contribution in [2.75, 3.05) is 24.6 Å². The van der Waals surface area contributed by atoms with Gasteiger partial charge >= 0.3 is 0 Å². The molecule has 6 nitrogen and oxygen atoms in total. The van der Waals surface area contributed by atoms with Crippen LogP contribution in [0.2, 0.25) is 5.02 Å². The number of hydrogen-bond donors (Lipinski definition) is 1. The first-order chi connectivity index (χ1) is 13.4. The van der Waals surface area contributed by atoms with Crippen LogP contribution in [-0.2, 0) is 9.84 Å². The smallest absolute Gasteiger partial charge is 0.271 e. The Morgan fingerprint density at radius 3 is 2.75 bits per heavy atom. The van der Waals surface area contributed by atoms with Crippen LogP contribution in [0.4, 0.5) is 0 Å². The van der Waals surface area contributed by atoms with Crippen LogP contribution in [0.15, 0.2) is 29.6 Å². The van der Waals surface area contributed by atoms with Crippen LogP contribution in [0.5, 0.6) is 0 Å². The van der Waals surface area contributed by atoms with Crippen LogP contribution >= 0.6 is 22.9 Å². The molecule has 2 unspecified atom stereocenters. The van der Waals surface area contributed by atoms with E-state index in [1.54, 1.807) is 17.5 Å². The van der Waals surface area contributed by atoms with E-state index in [1.807, 2.05) is 12.1 Å². The Morgan fingerprint density at radius 1 is 1.21 bits per heavy atom. The van der Waals surface area contributed by atoms with Crippen molar-refractivity contribution < 1.29 is 13.2 Å². The van der Waals surface area contributed by atoms with Crippen molar-refractivity contribution in [2.45, 2.75) is 31.3 Å². The quantitative estimate of drug-likeness (QED) is 0.792. The Morgan fingerprint density at radius 2 is 2.00 bits per heavy atom. The van der Waals surface area contributed by atoms with Crippen LogP contribution in [0, 0.1) is 0 Å². The van der Waals surface area contributed by atoms with Crippen molar-refractivity contribution in [3.63, 3.8) is 0 Å². The molecule has 2 aromatic rings. The molecule has 0 bridgehead atoms. The van der Waals surface area contributed by atoms with Crippen molar-refractivity contribution in [3.8, 4) is 10.6 Å². The summed E-state index contributed by atoms with van der Waals surface area (Å²) >= 11 is 7.40. The minimum Gasteiger partial charge on any atom is -0.345 e. The number of carbonyl (C=O) groups is 1. The summed E-state index contributed by atoms with van der Waals surface area (Å²) in [6, 6.07) is 6.77. The second kappa shape index (κ2) is 8.10. The van der Waals surface area contributed by atoms with E-state index in [0.717, 1.165) is 31.5 Å². The third-order valence-electron chi connectivity index (χ3n) is 5.31. The average molecular weight is 440 g/mol. The molecule has 0 aliphatic carbocycles. The highest BCUT2D eigenvalue weighted by molar-refractivity contribution is 7.91. The second-order valence-corrected chi connectivity index (χ2v) is 10.8. The van der Waals surface area contributed by atoms with Gasteiger partial charge in [-0.15, -0.1) is 11.3 Å². The standard InChI is InChI=1S/C19H22ClN3O3S2/c20-14-6-4-5-13(9-14)19-22-15(10-27-19)18(24)21-16-11-28(25,26)12-17(16)23-7-2-1-3-8-23/h4-6,9-10,16-17H,1-3,7-8,11-12H2,(H,21,24). The molecule has 2 aliphatic rings. The molecule has 150 valence electrons. The summed E-state index contributed by atoms with van der Waals surface area (Å²) in [5, 5.41) is 5.95. The summed E-state index contributed by atoms with van der Waals surface area (Å²) in [7, 11) is -3.15. The van der Waals surface area contributed by atoms with Gasteiger partial charge in [-0.25, -0.2) is 13.4 Å². The summed E-state index contributed by atoms with van der Waals surface area (Å²) < 4.78 is 24.5. The molecular weight excluding hydrogens is 418 g/mol. The zero-order chi connectivity index (χ0) is 19.7. The van der Waals surface area contributed by atoms with Gasteiger partial charge in [0.2, 0.25) is 0 Å². The summed E-state index contributed by atoms with van der Waals surface area (Å²) in [6.07, 6.45) is 3.33. The average Bonchev–Trinajstić information content (AvgIpc) is 3.27. The number of hydrogen-bond acceptors (Lipinski definition) is 6. The number of thiazole rings is 1. The van der Waals surface area contributed by atoms with Crippen molar-refractivity contribution >= 4 is 38.7 Å². The zero-order valence-corrected chi connectivity index (χ0v) is 17.7. The third kappa shape index (κ3) is 4.40. The number of aromatic nitrogens is 1. The largest absolute Gasteiger partial charge is 0.345 e. The number of halogens is 1. The van der Waals surface area contributed by atoms with Gasteiger partial charge in [-0.05, 0) is 38.1 Å². The SMILES string of the molecule is O=C(NC1CS(=O)(=O)CC1N1CCCCC1)c1csc(-c2cccc(Cl)c2)n1. The minimum atomic E-state index is -3.15. The first-order valence-electron chi connectivity index (χ1n) is 9.38. The number of sulfone groups is 1. The number of piperidine rings is 1. The third-order valence-corrected chi connectivity index (χ3v) is 8.15. The number of carbonyl (C=O) groups excluding carboxylic acids is 1. The predicted octanol–water partition coefficient (Wildman–Crippen LogP) is 2.84. The van der Waals surface area contributed by atoms with E-state index in [-0.39, 0.29) is 23.5 Å². The van der Waals surface area contributed by atoms with Crippen molar-refractivity contribution in [3.05, 3.63) is 40.4 Å². The molecule has 2 fully saturated rings. The van der Waals surface area contributed by atoms with Crippen molar-refractivity contribution in [1.82, 2.24) is 15.2 Å². The molecule has 28 heavy (non-hydrogen) atoms. The van der Waals surface area contributed by atoms with Crippen LogP contribution in [0.3, 0.4) is 0 Å².